The molecule has 1 aliphatic rings. The zero-order chi connectivity index (χ0) is 19.2. The summed E-state index contributed by atoms with van der Waals surface area (Å²) in [6, 6.07) is 26.7. The van der Waals surface area contributed by atoms with Gasteiger partial charge >= 0.3 is 0 Å². The van der Waals surface area contributed by atoms with Crippen molar-refractivity contribution < 1.29 is 4.74 Å². The number of rotatable bonds is 5. The topological polar surface area (TPSA) is 21.6 Å². The number of thioether (sulfide) groups is 1. The number of para-hydroxylation sites is 1. The minimum Gasteiger partial charge on any atom is -0.439 e. The molecule has 4 rings (SSSR count). The second-order valence-corrected chi connectivity index (χ2v) is 7.81. The molecule has 0 bridgehead atoms. The molecule has 0 heterocycles. The quantitative estimate of drug-likeness (QED) is 0.268. The van der Waals surface area contributed by atoms with E-state index in [2.05, 4.69) is 35.7 Å². The van der Waals surface area contributed by atoms with Crippen LogP contribution in [0.2, 0.25) is 0 Å². The molecule has 0 unspecified atom stereocenters. The number of nitrogens with zero attached hydrogens (tertiary/aromatic N) is 1. The van der Waals surface area contributed by atoms with Crippen molar-refractivity contribution in [3.8, 4) is 5.75 Å². The summed E-state index contributed by atoms with van der Waals surface area (Å²) in [6.07, 6.45) is 3.56. The van der Waals surface area contributed by atoms with Gasteiger partial charge in [0, 0.05) is 10.5 Å². The fourth-order valence-electron chi connectivity index (χ4n) is 3.24. The Labute approximate surface area is 171 Å². The van der Waals surface area contributed by atoms with Crippen LogP contribution in [0.5, 0.6) is 5.75 Å². The normalized spacial score (nSPS) is 14.0. The number of hydrogen-bond donors (Lipinski definition) is 0. The number of benzene rings is 3. The molecule has 140 valence electrons. The summed E-state index contributed by atoms with van der Waals surface area (Å²) < 4.78 is 6.16. The standard InChI is InChI=1S/C25H23NOS/c1-19(18-28-24-13-6-3-7-14-24)25(27-23-11-4-2-5-12-23)26-22-16-15-20-9-8-10-21(20)17-22/h2-7,11-18H,8-10H2,1H3. The van der Waals surface area contributed by atoms with Gasteiger partial charge in [-0.3, -0.25) is 0 Å². The highest BCUT2D eigenvalue weighted by Crippen LogP contribution is 2.28. The fraction of sp³-hybridized carbons (Fsp3) is 0.160. The van der Waals surface area contributed by atoms with Gasteiger partial charge in [-0.25, -0.2) is 4.99 Å². The van der Waals surface area contributed by atoms with Crippen molar-refractivity contribution in [3.05, 3.63) is 101 Å². The lowest BCUT2D eigenvalue weighted by molar-refractivity contribution is 0.551. The lowest BCUT2D eigenvalue weighted by Gasteiger charge is -2.10. The molecule has 0 atom stereocenters. The Bertz CT molecular complexity index is 994. The Hall–Kier alpha value is -2.78. The number of aryl methyl sites for hydroxylation is 2. The van der Waals surface area contributed by atoms with Gasteiger partial charge in [-0.1, -0.05) is 54.2 Å². The molecule has 0 aliphatic heterocycles. The lowest BCUT2D eigenvalue weighted by atomic mass is 10.1. The van der Waals surface area contributed by atoms with Crippen molar-refractivity contribution in [3.63, 3.8) is 0 Å². The maximum atomic E-state index is 6.16. The van der Waals surface area contributed by atoms with Crippen molar-refractivity contribution in [1.82, 2.24) is 0 Å². The molecular formula is C25H23NOS. The molecule has 1 aliphatic carbocycles. The van der Waals surface area contributed by atoms with Crippen molar-refractivity contribution >= 4 is 23.3 Å². The zero-order valence-corrected chi connectivity index (χ0v) is 16.8. The Balaban J connectivity index is 1.63. The minimum absolute atomic E-state index is 0.632. The molecule has 3 aromatic carbocycles. The van der Waals surface area contributed by atoms with Crippen LogP contribution in [0.3, 0.4) is 0 Å². The summed E-state index contributed by atoms with van der Waals surface area (Å²) >= 11 is 1.68. The monoisotopic (exact) mass is 385 g/mol. The molecule has 0 aromatic heterocycles. The van der Waals surface area contributed by atoms with Gasteiger partial charge in [0.05, 0.1) is 5.69 Å². The number of fused-ring (bicyclic) bond motifs is 1. The van der Waals surface area contributed by atoms with Crippen LogP contribution in [-0.2, 0) is 12.8 Å². The van der Waals surface area contributed by atoms with Gasteiger partial charge < -0.3 is 4.74 Å². The second-order valence-electron chi connectivity index (χ2n) is 6.87. The van der Waals surface area contributed by atoms with E-state index in [9.17, 15) is 0 Å². The van der Waals surface area contributed by atoms with Gasteiger partial charge in [-0.15, -0.1) is 0 Å². The summed E-state index contributed by atoms with van der Waals surface area (Å²) in [4.78, 5) is 6.05. The number of aliphatic imine (C=N–C) groups is 1. The molecule has 2 nitrogen and oxygen atoms in total. The van der Waals surface area contributed by atoms with Crippen LogP contribution in [0.4, 0.5) is 5.69 Å². The van der Waals surface area contributed by atoms with Gasteiger partial charge in [-0.05, 0) is 79.1 Å². The van der Waals surface area contributed by atoms with Crippen molar-refractivity contribution in [2.24, 2.45) is 4.99 Å². The van der Waals surface area contributed by atoms with E-state index in [1.165, 1.54) is 28.9 Å². The second kappa shape index (κ2) is 8.94. The van der Waals surface area contributed by atoms with E-state index in [0.717, 1.165) is 23.4 Å². The predicted octanol–water partition coefficient (Wildman–Crippen LogP) is 6.98. The lowest BCUT2D eigenvalue weighted by Crippen LogP contribution is -2.09. The molecule has 0 saturated heterocycles. The maximum Gasteiger partial charge on any atom is 0.223 e. The van der Waals surface area contributed by atoms with E-state index < -0.39 is 0 Å². The first-order chi connectivity index (χ1) is 13.8. The predicted molar refractivity (Wildman–Crippen MR) is 119 cm³/mol. The summed E-state index contributed by atoms with van der Waals surface area (Å²) in [5.41, 5.74) is 4.82. The molecule has 0 spiro atoms. The number of hydrogen-bond acceptors (Lipinski definition) is 3. The summed E-state index contributed by atoms with van der Waals surface area (Å²) in [5.74, 6) is 1.42. The Kier molecular flexibility index (Phi) is 5.93. The van der Waals surface area contributed by atoms with E-state index in [-0.39, 0.29) is 0 Å². The third-order valence-electron chi connectivity index (χ3n) is 4.72. The van der Waals surface area contributed by atoms with E-state index in [1.54, 1.807) is 11.8 Å². The van der Waals surface area contributed by atoms with Crippen molar-refractivity contribution in [2.75, 3.05) is 0 Å². The van der Waals surface area contributed by atoms with Crippen LogP contribution in [-0.4, -0.2) is 5.90 Å². The van der Waals surface area contributed by atoms with Crippen LogP contribution in [0, 0.1) is 0 Å². The first-order valence-corrected chi connectivity index (χ1v) is 10.5. The average molecular weight is 386 g/mol. The Morgan fingerprint density at radius 3 is 2.39 bits per heavy atom. The maximum absolute atomic E-state index is 6.16. The van der Waals surface area contributed by atoms with Crippen LogP contribution in [0.25, 0.3) is 0 Å². The molecule has 0 N–H and O–H groups in total. The molecule has 0 saturated carbocycles. The highest BCUT2D eigenvalue weighted by molar-refractivity contribution is 8.02. The summed E-state index contributed by atoms with van der Waals surface area (Å²) in [5, 5.41) is 2.10. The van der Waals surface area contributed by atoms with Crippen molar-refractivity contribution in [2.45, 2.75) is 31.1 Å². The SMILES string of the molecule is CC(=CSc1ccccc1)C(=Nc1ccc2c(c1)CCC2)Oc1ccccc1. The molecule has 28 heavy (non-hydrogen) atoms. The Morgan fingerprint density at radius 1 is 0.893 bits per heavy atom. The third kappa shape index (κ3) is 4.73. The van der Waals surface area contributed by atoms with Crippen LogP contribution < -0.4 is 4.74 Å². The van der Waals surface area contributed by atoms with Gasteiger partial charge in [-0.2, -0.15) is 0 Å². The first kappa shape index (κ1) is 18.6. The van der Waals surface area contributed by atoms with Gasteiger partial charge in [0.2, 0.25) is 5.90 Å². The van der Waals surface area contributed by atoms with Crippen LogP contribution >= 0.6 is 11.8 Å². The summed E-state index contributed by atoms with van der Waals surface area (Å²) in [6.45, 7) is 2.05. The van der Waals surface area contributed by atoms with Gasteiger partial charge in [0.1, 0.15) is 5.75 Å². The first-order valence-electron chi connectivity index (χ1n) is 9.60. The molecule has 0 amide bonds. The average Bonchev–Trinajstić information content (AvgIpc) is 3.21. The third-order valence-corrected chi connectivity index (χ3v) is 5.74. The smallest absolute Gasteiger partial charge is 0.223 e. The molecule has 3 aromatic rings. The molecular weight excluding hydrogens is 362 g/mol. The largest absolute Gasteiger partial charge is 0.439 e. The zero-order valence-electron chi connectivity index (χ0n) is 16.0. The fourth-order valence-corrected chi connectivity index (χ4v) is 3.97. The van der Waals surface area contributed by atoms with E-state index in [1.807, 2.05) is 55.5 Å². The van der Waals surface area contributed by atoms with Gasteiger partial charge in [0.25, 0.3) is 0 Å². The Morgan fingerprint density at radius 2 is 1.61 bits per heavy atom. The molecule has 0 fully saturated rings. The number of ether oxygens (including phenoxy) is 1. The highest BCUT2D eigenvalue weighted by Gasteiger charge is 2.12. The van der Waals surface area contributed by atoms with Crippen molar-refractivity contribution in [1.29, 1.82) is 0 Å². The molecule has 3 heteroatoms. The van der Waals surface area contributed by atoms with Gasteiger partial charge in [0.15, 0.2) is 0 Å². The van der Waals surface area contributed by atoms with Crippen LogP contribution in [0.1, 0.15) is 24.5 Å². The van der Waals surface area contributed by atoms with Crippen LogP contribution in [0.15, 0.2) is 99.7 Å². The van der Waals surface area contributed by atoms with E-state index in [4.69, 9.17) is 9.73 Å². The summed E-state index contributed by atoms with van der Waals surface area (Å²) in [7, 11) is 0. The van der Waals surface area contributed by atoms with E-state index >= 15 is 0 Å². The highest BCUT2D eigenvalue weighted by atomic mass is 32.2. The molecule has 0 radical (unpaired) electrons. The minimum atomic E-state index is 0.632. The van der Waals surface area contributed by atoms with E-state index in [0.29, 0.717) is 5.90 Å².